The maximum Gasteiger partial charge on any atom is 0.242 e. The van der Waals surface area contributed by atoms with Gasteiger partial charge >= 0.3 is 0 Å². The molecule has 0 bridgehead atoms. The molecule has 0 saturated heterocycles. The predicted octanol–water partition coefficient (Wildman–Crippen LogP) is 5.18. The summed E-state index contributed by atoms with van der Waals surface area (Å²) in [5.41, 5.74) is 2.07. The maximum atomic E-state index is 13.4. The van der Waals surface area contributed by atoms with Crippen molar-refractivity contribution in [2.24, 2.45) is 0 Å². The van der Waals surface area contributed by atoms with Crippen LogP contribution in [0.25, 0.3) is 0 Å². The third-order valence-corrected chi connectivity index (χ3v) is 7.83. The summed E-state index contributed by atoms with van der Waals surface area (Å²) in [5, 5.41) is 3.80. The van der Waals surface area contributed by atoms with Crippen LogP contribution in [0, 0.1) is 6.92 Å². The number of halogens is 2. The van der Waals surface area contributed by atoms with Gasteiger partial charge in [-0.05, 0) is 62.9 Å². The molecule has 2 atom stereocenters. The lowest BCUT2D eigenvalue weighted by molar-refractivity contribution is -0.140. The third kappa shape index (κ3) is 8.39. The summed E-state index contributed by atoms with van der Waals surface area (Å²) in [6.45, 7) is 7.64. The summed E-state index contributed by atoms with van der Waals surface area (Å²) in [7, 11) is -3.55. The van der Waals surface area contributed by atoms with Gasteiger partial charge in [-0.25, -0.2) is 8.42 Å². The first-order chi connectivity index (χ1) is 16.8. The summed E-state index contributed by atoms with van der Waals surface area (Å²) in [5.74, 6) is -0.536. The Labute approximate surface area is 224 Å². The summed E-state index contributed by atoms with van der Waals surface area (Å²) in [6.07, 6.45) is 2.25. The molecule has 0 aliphatic rings. The molecule has 7 nitrogen and oxygen atoms in total. The molecule has 36 heavy (non-hydrogen) atoms. The maximum absolute atomic E-state index is 13.4. The number of nitrogens with zero attached hydrogens (tertiary/aromatic N) is 2. The molecule has 0 fully saturated rings. The molecule has 2 amide bonds. The number of para-hydroxylation sites is 1. The van der Waals surface area contributed by atoms with Crippen LogP contribution in [0.1, 0.15) is 51.2 Å². The number of carbonyl (C=O) groups is 2. The Morgan fingerprint density at radius 1 is 1.08 bits per heavy atom. The van der Waals surface area contributed by atoms with Gasteiger partial charge < -0.3 is 10.2 Å². The molecule has 2 aromatic rings. The molecule has 1 N–H and O–H groups in total. The van der Waals surface area contributed by atoms with Crippen LogP contribution < -0.4 is 9.62 Å². The predicted molar refractivity (Wildman–Crippen MR) is 147 cm³/mol. The van der Waals surface area contributed by atoms with E-state index < -0.39 is 16.1 Å². The lowest BCUT2D eigenvalue weighted by Gasteiger charge is -2.30. The minimum Gasteiger partial charge on any atom is -0.352 e. The number of hydrogen-bond acceptors (Lipinski definition) is 4. The second kappa shape index (κ2) is 13.3. The van der Waals surface area contributed by atoms with E-state index in [-0.39, 0.29) is 43.8 Å². The molecule has 0 aromatic heterocycles. The van der Waals surface area contributed by atoms with Crippen LogP contribution in [0.2, 0.25) is 10.0 Å². The quantitative estimate of drug-likeness (QED) is 0.391. The van der Waals surface area contributed by atoms with Crippen molar-refractivity contribution in [3.05, 3.63) is 63.6 Å². The van der Waals surface area contributed by atoms with Crippen molar-refractivity contribution >= 4 is 50.7 Å². The Bertz CT molecular complexity index is 1170. The number of sulfonamides is 1. The van der Waals surface area contributed by atoms with Gasteiger partial charge in [0, 0.05) is 35.6 Å². The Kier molecular flexibility index (Phi) is 11.1. The van der Waals surface area contributed by atoms with E-state index in [1.807, 2.05) is 32.9 Å². The molecule has 0 aliphatic heterocycles. The van der Waals surface area contributed by atoms with Crippen molar-refractivity contribution in [1.82, 2.24) is 10.2 Å². The van der Waals surface area contributed by atoms with E-state index in [1.165, 1.54) is 9.21 Å². The van der Waals surface area contributed by atoms with Gasteiger partial charge in [-0.15, -0.1) is 0 Å². The Morgan fingerprint density at radius 3 is 2.33 bits per heavy atom. The molecule has 2 aromatic carbocycles. The average molecular weight is 557 g/mol. The smallest absolute Gasteiger partial charge is 0.242 e. The highest BCUT2D eigenvalue weighted by molar-refractivity contribution is 7.92. The van der Waals surface area contributed by atoms with Crippen molar-refractivity contribution in [3.63, 3.8) is 0 Å². The number of amides is 2. The Hall–Kier alpha value is -2.29. The topological polar surface area (TPSA) is 86.8 Å². The van der Waals surface area contributed by atoms with E-state index >= 15 is 0 Å². The van der Waals surface area contributed by atoms with Crippen LogP contribution in [-0.2, 0) is 26.2 Å². The number of aryl methyl sites for hydroxylation is 1. The van der Waals surface area contributed by atoms with Crippen LogP contribution in [0.5, 0.6) is 0 Å². The second-order valence-corrected chi connectivity index (χ2v) is 11.7. The van der Waals surface area contributed by atoms with Gasteiger partial charge in [0.1, 0.15) is 6.04 Å². The number of anilines is 1. The van der Waals surface area contributed by atoms with Gasteiger partial charge in [-0.3, -0.25) is 13.9 Å². The monoisotopic (exact) mass is 555 g/mol. The van der Waals surface area contributed by atoms with Gasteiger partial charge in [0.05, 0.1) is 11.9 Å². The minimum absolute atomic E-state index is 0.0338. The molecule has 0 heterocycles. The number of benzene rings is 2. The minimum atomic E-state index is -3.55. The molecule has 2 rings (SSSR count). The van der Waals surface area contributed by atoms with Crippen LogP contribution in [0.3, 0.4) is 0 Å². The first-order valence-electron chi connectivity index (χ1n) is 11.9. The van der Waals surface area contributed by atoms with E-state index in [0.717, 1.165) is 18.2 Å². The zero-order valence-electron chi connectivity index (χ0n) is 21.4. The SMILES string of the molecule is CC[C@H](C)NC(=O)[C@H](C)N(Cc1ccc(Cl)cc1Cl)C(=O)CCCN(c1ccccc1C)S(C)(=O)=O. The van der Waals surface area contributed by atoms with Gasteiger partial charge in [-0.2, -0.15) is 0 Å². The van der Waals surface area contributed by atoms with Crippen molar-refractivity contribution < 1.29 is 18.0 Å². The third-order valence-electron chi connectivity index (χ3n) is 6.06. The molecule has 0 radical (unpaired) electrons. The average Bonchev–Trinajstić information content (AvgIpc) is 2.80. The molecule has 0 saturated carbocycles. The van der Waals surface area contributed by atoms with Gasteiger partial charge in [-0.1, -0.05) is 54.4 Å². The molecule has 198 valence electrons. The lowest BCUT2D eigenvalue weighted by atomic mass is 10.1. The van der Waals surface area contributed by atoms with E-state index in [4.69, 9.17) is 23.2 Å². The van der Waals surface area contributed by atoms with E-state index in [9.17, 15) is 18.0 Å². The Balaban J connectivity index is 2.22. The lowest BCUT2D eigenvalue weighted by Crippen LogP contribution is -2.49. The highest BCUT2D eigenvalue weighted by Gasteiger charge is 2.28. The van der Waals surface area contributed by atoms with Gasteiger partial charge in [0.25, 0.3) is 0 Å². The largest absolute Gasteiger partial charge is 0.352 e. The molecule has 10 heteroatoms. The highest BCUT2D eigenvalue weighted by Crippen LogP contribution is 2.25. The van der Waals surface area contributed by atoms with E-state index in [1.54, 1.807) is 37.3 Å². The van der Waals surface area contributed by atoms with Crippen molar-refractivity contribution in [3.8, 4) is 0 Å². The van der Waals surface area contributed by atoms with Crippen LogP contribution in [0.15, 0.2) is 42.5 Å². The molecule has 0 spiro atoms. The van der Waals surface area contributed by atoms with Crippen molar-refractivity contribution in [2.45, 2.75) is 65.6 Å². The first-order valence-corrected chi connectivity index (χ1v) is 14.5. The summed E-state index contributed by atoms with van der Waals surface area (Å²) in [6, 6.07) is 11.4. The number of hydrogen-bond donors (Lipinski definition) is 1. The zero-order chi connectivity index (χ0) is 27.0. The fraction of sp³-hybridized carbons (Fsp3) is 0.462. The molecule has 0 unspecified atom stereocenters. The van der Waals surface area contributed by atoms with Crippen molar-refractivity contribution in [2.75, 3.05) is 17.1 Å². The summed E-state index contributed by atoms with van der Waals surface area (Å²) < 4.78 is 26.3. The van der Waals surface area contributed by atoms with Crippen LogP contribution in [-0.4, -0.2) is 50.0 Å². The van der Waals surface area contributed by atoms with Crippen molar-refractivity contribution in [1.29, 1.82) is 0 Å². The highest BCUT2D eigenvalue weighted by atomic mass is 35.5. The second-order valence-electron chi connectivity index (χ2n) is 8.98. The standard InChI is InChI=1S/C26H35Cl2N3O4S/c1-6-19(3)29-26(33)20(4)30(17-21-13-14-22(27)16-23(21)28)25(32)12-9-15-31(36(5,34)35)24-11-8-7-10-18(24)2/h7-8,10-11,13-14,16,19-20H,6,9,12,15,17H2,1-5H3,(H,29,33)/t19-,20-/m0/s1. The van der Waals surface area contributed by atoms with E-state index in [0.29, 0.717) is 21.3 Å². The van der Waals surface area contributed by atoms with Gasteiger partial charge in [0.2, 0.25) is 21.8 Å². The number of rotatable bonds is 12. The number of carbonyl (C=O) groups excluding carboxylic acids is 2. The fourth-order valence-electron chi connectivity index (χ4n) is 3.71. The van der Waals surface area contributed by atoms with Gasteiger partial charge in [0.15, 0.2) is 0 Å². The Morgan fingerprint density at radius 2 is 1.75 bits per heavy atom. The first kappa shape index (κ1) is 29.9. The normalized spacial score (nSPS) is 13.1. The molecular formula is C26H35Cl2N3O4S. The molecule has 0 aliphatic carbocycles. The van der Waals surface area contributed by atoms with E-state index in [2.05, 4.69) is 5.32 Å². The zero-order valence-corrected chi connectivity index (χ0v) is 23.8. The molecular weight excluding hydrogens is 521 g/mol. The summed E-state index contributed by atoms with van der Waals surface area (Å²) in [4.78, 5) is 27.7. The van der Waals surface area contributed by atoms with Crippen LogP contribution >= 0.6 is 23.2 Å². The summed E-state index contributed by atoms with van der Waals surface area (Å²) >= 11 is 12.4. The number of nitrogens with one attached hydrogen (secondary N) is 1. The van der Waals surface area contributed by atoms with Crippen LogP contribution in [0.4, 0.5) is 5.69 Å². The fourth-order valence-corrected chi connectivity index (χ4v) is 5.20.